The molecular weight excluding hydrogens is 255 g/mol. The molecule has 0 bridgehead atoms. The summed E-state index contributed by atoms with van der Waals surface area (Å²) >= 11 is 0. The average molecular weight is 277 g/mol. The minimum Gasteiger partial charge on any atom is -0.497 e. The maximum Gasteiger partial charge on any atom is 0.391 e. The number of ether oxygens (including phenoxy) is 1. The minimum atomic E-state index is -4.03. The van der Waals surface area contributed by atoms with Crippen molar-refractivity contribution in [1.82, 2.24) is 5.32 Å². The SMILES string of the molecule is CNC(C1=CCCCO1)C1CCC(C(F)(F)F)CC1. The van der Waals surface area contributed by atoms with Crippen LogP contribution in [0.4, 0.5) is 13.2 Å². The molecule has 1 saturated carbocycles. The molecule has 0 amide bonds. The standard InChI is InChI=1S/C14H22F3NO/c1-18-13(12-4-2-3-9-19-12)10-5-7-11(8-6-10)14(15,16)17/h4,10-11,13,18H,2-3,5-9H2,1H3. The highest BCUT2D eigenvalue weighted by Gasteiger charge is 2.42. The van der Waals surface area contributed by atoms with Crippen molar-refractivity contribution in [2.75, 3.05) is 13.7 Å². The van der Waals surface area contributed by atoms with Crippen molar-refractivity contribution in [3.05, 3.63) is 11.8 Å². The van der Waals surface area contributed by atoms with Gasteiger partial charge in [0.2, 0.25) is 0 Å². The van der Waals surface area contributed by atoms with Crippen LogP contribution in [0.2, 0.25) is 0 Å². The van der Waals surface area contributed by atoms with E-state index in [4.69, 9.17) is 4.74 Å². The van der Waals surface area contributed by atoms with Crippen LogP contribution in [-0.4, -0.2) is 25.9 Å². The summed E-state index contributed by atoms with van der Waals surface area (Å²) in [6.07, 6.45) is 1.83. The molecule has 1 atom stereocenters. The zero-order valence-corrected chi connectivity index (χ0v) is 11.3. The molecule has 2 rings (SSSR count). The molecule has 2 nitrogen and oxygen atoms in total. The predicted octanol–water partition coefficient (Wildman–Crippen LogP) is 3.64. The lowest BCUT2D eigenvalue weighted by Gasteiger charge is -2.36. The van der Waals surface area contributed by atoms with Crippen molar-refractivity contribution in [2.45, 2.75) is 50.7 Å². The summed E-state index contributed by atoms with van der Waals surface area (Å²) in [4.78, 5) is 0. The van der Waals surface area contributed by atoms with Gasteiger partial charge in [-0.3, -0.25) is 0 Å². The molecule has 1 fully saturated rings. The maximum atomic E-state index is 12.7. The van der Waals surface area contributed by atoms with Gasteiger partial charge in [-0.05, 0) is 57.6 Å². The summed E-state index contributed by atoms with van der Waals surface area (Å²) in [6, 6.07) is 0.0782. The molecule has 19 heavy (non-hydrogen) atoms. The molecule has 0 saturated heterocycles. The molecule has 0 aromatic rings. The number of likely N-dealkylation sites (N-methyl/N-ethyl adjacent to an activating group) is 1. The molecule has 2 aliphatic rings. The van der Waals surface area contributed by atoms with Crippen molar-refractivity contribution < 1.29 is 17.9 Å². The molecular formula is C14H22F3NO. The Bertz CT molecular complexity index is 319. The highest BCUT2D eigenvalue weighted by Crippen LogP contribution is 2.41. The summed E-state index contributed by atoms with van der Waals surface area (Å²) in [6.45, 7) is 0.724. The van der Waals surface area contributed by atoms with Gasteiger partial charge in [0.1, 0.15) is 5.76 Å². The summed E-state index contributed by atoms with van der Waals surface area (Å²) in [5.41, 5.74) is 0. The Morgan fingerprint density at radius 2 is 1.95 bits per heavy atom. The van der Waals surface area contributed by atoms with E-state index in [9.17, 15) is 13.2 Å². The Kier molecular flexibility index (Phi) is 4.76. The fraction of sp³-hybridized carbons (Fsp3) is 0.857. The number of halogens is 3. The van der Waals surface area contributed by atoms with Gasteiger partial charge in [-0.1, -0.05) is 0 Å². The van der Waals surface area contributed by atoms with Crippen molar-refractivity contribution in [1.29, 1.82) is 0 Å². The predicted molar refractivity (Wildman–Crippen MR) is 67.6 cm³/mol. The van der Waals surface area contributed by atoms with E-state index in [1.54, 1.807) is 0 Å². The van der Waals surface area contributed by atoms with E-state index in [0.29, 0.717) is 12.8 Å². The topological polar surface area (TPSA) is 21.3 Å². The highest BCUT2D eigenvalue weighted by atomic mass is 19.4. The summed E-state index contributed by atoms with van der Waals surface area (Å²) in [7, 11) is 1.86. The Labute approximate surface area is 112 Å². The van der Waals surface area contributed by atoms with Crippen molar-refractivity contribution in [2.24, 2.45) is 11.8 Å². The van der Waals surface area contributed by atoms with E-state index < -0.39 is 12.1 Å². The number of nitrogens with one attached hydrogen (secondary N) is 1. The van der Waals surface area contributed by atoms with Gasteiger partial charge in [-0.25, -0.2) is 0 Å². The minimum absolute atomic E-state index is 0.0782. The first-order chi connectivity index (χ1) is 9.02. The van der Waals surface area contributed by atoms with Crippen LogP contribution in [0.3, 0.4) is 0 Å². The summed E-state index contributed by atoms with van der Waals surface area (Å²) < 4.78 is 43.6. The van der Waals surface area contributed by atoms with Crippen LogP contribution >= 0.6 is 0 Å². The van der Waals surface area contributed by atoms with E-state index in [1.165, 1.54) is 0 Å². The molecule has 0 aromatic carbocycles. The number of hydrogen-bond donors (Lipinski definition) is 1. The molecule has 1 aliphatic heterocycles. The van der Waals surface area contributed by atoms with Crippen molar-refractivity contribution in [3.63, 3.8) is 0 Å². The lowest BCUT2D eigenvalue weighted by molar-refractivity contribution is -0.184. The third-order valence-electron chi connectivity index (χ3n) is 4.29. The first-order valence-electron chi connectivity index (χ1n) is 7.09. The van der Waals surface area contributed by atoms with Crippen molar-refractivity contribution >= 4 is 0 Å². The van der Waals surface area contributed by atoms with Gasteiger partial charge in [0, 0.05) is 0 Å². The molecule has 0 spiro atoms. The molecule has 1 heterocycles. The van der Waals surface area contributed by atoms with Gasteiger partial charge in [0.15, 0.2) is 0 Å². The van der Waals surface area contributed by atoms with Crippen LogP contribution in [0.15, 0.2) is 11.8 Å². The van der Waals surface area contributed by atoms with Crippen LogP contribution in [0.1, 0.15) is 38.5 Å². The monoisotopic (exact) mass is 277 g/mol. The Hall–Kier alpha value is -0.710. The molecule has 5 heteroatoms. The maximum absolute atomic E-state index is 12.7. The Balaban J connectivity index is 1.93. The third kappa shape index (κ3) is 3.65. The summed E-state index contributed by atoms with van der Waals surface area (Å²) in [5.74, 6) is 0.0830. The lowest BCUT2D eigenvalue weighted by atomic mass is 9.77. The summed E-state index contributed by atoms with van der Waals surface area (Å²) in [5, 5.41) is 3.22. The van der Waals surface area contributed by atoms with Crippen molar-refractivity contribution in [3.8, 4) is 0 Å². The van der Waals surface area contributed by atoms with Crippen LogP contribution in [0, 0.1) is 11.8 Å². The van der Waals surface area contributed by atoms with Gasteiger partial charge in [-0.2, -0.15) is 13.2 Å². The average Bonchev–Trinajstić information content (AvgIpc) is 2.40. The van der Waals surface area contributed by atoms with Gasteiger partial charge >= 0.3 is 6.18 Å². The third-order valence-corrected chi connectivity index (χ3v) is 4.29. The molecule has 1 N–H and O–H groups in total. The number of rotatable bonds is 3. The smallest absolute Gasteiger partial charge is 0.391 e. The number of allylic oxidation sites excluding steroid dienone is 1. The zero-order chi connectivity index (χ0) is 13.9. The number of alkyl halides is 3. The largest absolute Gasteiger partial charge is 0.497 e. The van der Waals surface area contributed by atoms with Crippen LogP contribution in [0.5, 0.6) is 0 Å². The molecule has 1 unspecified atom stereocenters. The Morgan fingerprint density at radius 1 is 1.26 bits per heavy atom. The van der Waals surface area contributed by atoms with E-state index in [1.807, 2.05) is 7.05 Å². The first kappa shape index (κ1) is 14.7. The van der Waals surface area contributed by atoms with Gasteiger partial charge < -0.3 is 10.1 Å². The molecule has 0 radical (unpaired) electrons. The second-order valence-corrected chi connectivity index (χ2v) is 5.52. The van der Waals surface area contributed by atoms with Crippen LogP contribution in [-0.2, 0) is 4.74 Å². The Morgan fingerprint density at radius 3 is 2.42 bits per heavy atom. The van der Waals surface area contributed by atoms with Crippen LogP contribution < -0.4 is 5.32 Å². The zero-order valence-electron chi connectivity index (χ0n) is 11.3. The lowest BCUT2D eigenvalue weighted by Crippen LogP contribution is -2.40. The second kappa shape index (κ2) is 6.16. The molecule has 110 valence electrons. The van der Waals surface area contributed by atoms with E-state index >= 15 is 0 Å². The number of hydrogen-bond acceptors (Lipinski definition) is 2. The highest BCUT2D eigenvalue weighted by molar-refractivity contribution is 5.08. The fourth-order valence-electron chi connectivity index (χ4n) is 3.18. The van der Waals surface area contributed by atoms with E-state index in [2.05, 4.69) is 11.4 Å². The van der Waals surface area contributed by atoms with Gasteiger partial charge in [0.25, 0.3) is 0 Å². The van der Waals surface area contributed by atoms with Gasteiger partial charge in [0.05, 0.1) is 18.6 Å². The van der Waals surface area contributed by atoms with Gasteiger partial charge in [-0.15, -0.1) is 0 Å². The van der Waals surface area contributed by atoms with E-state index in [0.717, 1.165) is 25.2 Å². The quantitative estimate of drug-likeness (QED) is 0.850. The van der Waals surface area contributed by atoms with Crippen LogP contribution in [0.25, 0.3) is 0 Å². The molecule has 1 aliphatic carbocycles. The van der Waals surface area contributed by atoms with E-state index in [-0.39, 0.29) is 24.8 Å². The normalized spacial score (nSPS) is 30.4. The molecule has 0 aromatic heterocycles. The first-order valence-corrected chi connectivity index (χ1v) is 7.09. The second-order valence-electron chi connectivity index (χ2n) is 5.52. The fourth-order valence-corrected chi connectivity index (χ4v) is 3.18.